The van der Waals surface area contributed by atoms with Crippen LogP contribution in [0.15, 0.2) is 36.7 Å². The minimum atomic E-state index is -0.433. The van der Waals surface area contributed by atoms with Crippen LogP contribution in [0.1, 0.15) is 39.4 Å². The fourth-order valence-corrected chi connectivity index (χ4v) is 2.00. The van der Waals surface area contributed by atoms with Crippen LogP contribution in [-0.2, 0) is 18.4 Å². The Morgan fingerprint density at radius 3 is 2.55 bits per heavy atom. The highest BCUT2D eigenvalue weighted by atomic mass is 16.5. The first kappa shape index (κ1) is 14.3. The Morgan fingerprint density at radius 1 is 1.27 bits per heavy atom. The monoisotopic (exact) mass is 299 g/mol. The van der Waals surface area contributed by atoms with Gasteiger partial charge in [0.25, 0.3) is 5.91 Å². The third kappa shape index (κ3) is 3.33. The van der Waals surface area contributed by atoms with Gasteiger partial charge in [0.05, 0.1) is 5.56 Å². The van der Waals surface area contributed by atoms with E-state index in [1.807, 2.05) is 7.05 Å². The molecule has 0 bridgehead atoms. The fraction of sp³-hybridized carbons (Fsp3) is 0.312. The van der Waals surface area contributed by atoms with E-state index in [9.17, 15) is 9.59 Å². The zero-order valence-electron chi connectivity index (χ0n) is 12.3. The highest BCUT2D eigenvalue weighted by Crippen LogP contribution is 2.19. The van der Waals surface area contributed by atoms with Crippen molar-refractivity contribution < 1.29 is 14.3 Å². The molecule has 1 N–H and O–H groups in total. The minimum absolute atomic E-state index is 0.101. The van der Waals surface area contributed by atoms with E-state index in [-0.39, 0.29) is 12.5 Å². The summed E-state index contributed by atoms with van der Waals surface area (Å²) in [5.41, 5.74) is 0.963. The maximum atomic E-state index is 12.0. The summed E-state index contributed by atoms with van der Waals surface area (Å²) in [5.74, 6) is 0.140. The van der Waals surface area contributed by atoms with E-state index in [0.717, 1.165) is 12.8 Å². The molecular weight excluding hydrogens is 282 g/mol. The van der Waals surface area contributed by atoms with Crippen LogP contribution in [0.5, 0.6) is 0 Å². The predicted molar refractivity (Wildman–Crippen MR) is 79.3 cm³/mol. The first-order valence-electron chi connectivity index (χ1n) is 7.18. The van der Waals surface area contributed by atoms with Crippen molar-refractivity contribution in [1.82, 2.24) is 14.9 Å². The van der Waals surface area contributed by atoms with Gasteiger partial charge in [-0.3, -0.25) is 4.79 Å². The first-order chi connectivity index (χ1) is 10.6. The number of benzene rings is 1. The number of rotatable bonds is 5. The van der Waals surface area contributed by atoms with Crippen LogP contribution in [0.3, 0.4) is 0 Å². The number of aryl methyl sites for hydroxylation is 1. The zero-order valence-corrected chi connectivity index (χ0v) is 12.3. The maximum absolute atomic E-state index is 12.0. The largest absolute Gasteiger partial charge is 0.454 e. The summed E-state index contributed by atoms with van der Waals surface area (Å²) in [7, 11) is 1.84. The Hall–Kier alpha value is -2.63. The van der Waals surface area contributed by atoms with Crippen molar-refractivity contribution in [2.24, 2.45) is 7.05 Å². The number of nitrogens with one attached hydrogen (secondary N) is 1. The van der Waals surface area contributed by atoms with Crippen molar-refractivity contribution in [3.05, 3.63) is 53.6 Å². The van der Waals surface area contributed by atoms with Crippen molar-refractivity contribution in [3.8, 4) is 0 Å². The molecule has 0 unspecified atom stereocenters. The molecule has 114 valence electrons. The highest BCUT2D eigenvalue weighted by Gasteiger charge is 2.23. The summed E-state index contributed by atoms with van der Waals surface area (Å²) < 4.78 is 7.00. The summed E-state index contributed by atoms with van der Waals surface area (Å²) in [6.45, 7) is 0.117. The molecule has 0 atom stereocenters. The van der Waals surface area contributed by atoms with Crippen LogP contribution in [0.4, 0.5) is 0 Å². The number of amides is 1. The van der Waals surface area contributed by atoms with Gasteiger partial charge in [0, 0.05) is 31.0 Å². The summed E-state index contributed by atoms with van der Waals surface area (Å²) >= 11 is 0. The quantitative estimate of drug-likeness (QED) is 0.852. The molecule has 22 heavy (non-hydrogen) atoms. The number of nitrogens with zero attached hydrogens (tertiary/aromatic N) is 2. The van der Waals surface area contributed by atoms with E-state index in [1.54, 1.807) is 41.2 Å². The van der Waals surface area contributed by atoms with Gasteiger partial charge in [-0.25, -0.2) is 9.78 Å². The van der Waals surface area contributed by atoms with Gasteiger partial charge in [0.15, 0.2) is 0 Å². The van der Waals surface area contributed by atoms with Gasteiger partial charge in [0.2, 0.25) is 0 Å². The first-order valence-corrected chi connectivity index (χ1v) is 7.18. The standard InChI is InChI=1S/C16H17N3O3/c1-19-9-8-17-14(19)10-22-16(21)12-4-2-11(3-5-12)15(20)18-13-6-7-13/h2-5,8-9,13H,6-7,10H2,1H3,(H,18,20). The molecule has 3 rings (SSSR count). The Bertz CT molecular complexity index is 687. The number of hydrogen-bond acceptors (Lipinski definition) is 4. The average molecular weight is 299 g/mol. The van der Waals surface area contributed by atoms with Crippen molar-refractivity contribution >= 4 is 11.9 Å². The Balaban J connectivity index is 1.58. The second-order valence-electron chi connectivity index (χ2n) is 5.36. The highest BCUT2D eigenvalue weighted by molar-refractivity contribution is 5.96. The minimum Gasteiger partial charge on any atom is -0.454 e. The second kappa shape index (κ2) is 6.01. The van der Waals surface area contributed by atoms with Gasteiger partial charge in [-0.1, -0.05) is 0 Å². The summed E-state index contributed by atoms with van der Waals surface area (Å²) in [5, 5.41) is 2.90. The lowest BCUT2D eigenvalue weighted by Gasteiger charge is -2.06. The van der Waals surface area contributed by atoms with Crippen LogP contribution >= 0.6 is 0 Å². The molecule has 0 saturated heterocycles. The van der Waals surface area contributed by atoms with Gasteiger partial charge in [-0.2, -0.15) is 0 Å². The Morgan fingerprint density at radius 2 is 1.95 bits per heavy atom. The molecular formula is C16H17N3O3. The smallest absolute Gasteiger partial charge is 0.338 e. The van der Waals surface area contributed by atoms with Gasteiger partial charge >= 0.3 is 5.97 Å². The van der Waals surface area contributed by atoms with Crippen LogP contribution in [0.25, 0.3) is 0 Å². The van der Waals surface area contributed by atoms with Gasteiger partial charge in [0.1, 0.15) is 12.4 Å². The number of ether oxygens (including phenoxy) is 1. The topological polar surface area (TPSA) is 73.2 Å². The number of hydrogen-bond donors (Lipinski definition) is 1. The third-order valence-corrected chi connectivity index (χ3v) is 3.55. The molecule has 0 aliphatic heterocycles. The van der Waals surface area contributed by atoms with Gasteiger partial charge in [-0.15, -0.1) is 0 Å². The average Bonchev–Trinajstić information content (AvgIpc) is 3.25. The number of imidazole rings is 1. The van der Waals surface area contributed by atoms with E-state index in [0.29, 0.717) is 23.0 Å². The molecule has 1 amide bonds. The molecule has 1 heterocycles. The van der Waals surface area contributed by atoms with Crippen LogP contribution in [-0.4, -0.2) is 27.5 Å². The molecule has 1 aliphatic carbocycles. The van der Waals surface area contributed by atoms with Crippen molar-refractivity contribution in [2.45, 2.75) is 25.5 Å². The fourth-order valence-electron chi connectivity index (χ4n) is 2.00. The number of carbonyl (C=O) groups is 2. The summed E-state index contributed by atoms with van der Waals surface area (Å²) in [6.07, 6.45) is 5.53. The van der Waals surface area contributed by atoms with Crippen molar-refractivity contribution in [1.29, 1.82) is 0 Å². The van der Waals surface area contributed by atoms with Crippen molar-refractivity contribution in [2.75, 3.05) is 0 Å². The number of aromatic nitrogens is 2. The van der Waals surface area contributed by atoms with Crippen LogP contribution in [0, 0.1) is 0 Å². The van der Waals surface area contributed by atoms with Crippen LogP contribution < -0.4 is 5.32 Å². The Labute approximate surface area is 128 Å². The second-order valence-corrected chi connectivity index (χ2v) is 5.36. The molecule has 1 saturated carbocycles. The van der Waals surface area contributed by atoms with Gasteiger partial charge < -0.3 is 14.6 Å². The molecule has 6 heteroatoms. The van der Waals surface area contributed by atoms with E-state index in [1.165, 1.54) is 0 Å². The van der Waals surface area contributed by atoms with E-state index >= 15 is 0 Å². The molecule has 6 nitrogen and oxygen atoms in total. The van der Waals surface area contributed by atoms with Gasteiger partial charge in [-0.05, 0) is 37.1 Å². The lowest BCUT2D eigenvalue weighted by molar-refractivity contribution is 0.0459. The molecule has 1 aromatic heterocycles. The molecule has 1 aromatic carbocycles. The summed E-state index contributed by atoms with van der Waals surface area (Å²) in [4.78, 5) is 27.9. The lowest BCUT2D eigenvalue weighted by atomic mass is 10.1. The third-order valence-electron chi connectivity index (χ3n) is 3.55. The SMILES string of the molecule is Cn1ccnc1COC(=O)c1ccc(C(=O)NC2CC2)cc1. The molecule has 2 aromatic rings. The molecule has 1 aliphatic rings. The lowest BCUT2D eigenvalue weighted by Crippen LogP contribution is -2.25. The summed E-state index contributed by atoms with van der Waals surface area (Å²) in [6, 6.07) is 6.78. The normalized spacial score (nSPS) is 13.7. The molecule has 1 fully saturated rings. The maximum Gasteiger partial charge on any atom is 0.338 e. The Kier molecular flexibility index (Phi) is 3.91. The molecule has 0 spiro atoms. The predicted octanol–water partition coefficient (Wildman–Crippen LogP) is 1.67. The van der Waals surface area contributed by atoms with E-state index < -0.39 is 5.97 Å². The molecule has 0 radical (unpaired) electrons. The number of esters is 1. The van der Waals surface area contributed by atoms with E-state index in [4.69, 9.17) is 4.74 Å². The zero-order chi connectivity index (χ0) is 15.5. The van der Waals surface area contributed by atoms with Crippen LogP contribution in [0.2, 0.25) is 0 Å². The number of carbonyl (C=O) groups excluding carboxylic acids is 2. The van der Waals surface area contributed by atoms with E-state index in [2.05, 4.69) is 10.3 Å². The van der Waals surface area contributed by atoms with Crippen molar-refractivity contribution in [3.63, 3.8) is 0 Å².